The van der Waals surface area contributed by atoms with Crippen LogP contribution in [0.2, 0.25) is 0 Å². The molecule has 0 saturated heterocycles. The lowest BCUT2D eigenvalue weighted by Gasteiger charge is -2.13. The smallest absolute Gasteiger partial charge is 0.322 e. The van der Waals surface area contributed by atoms with E-state index in [2.05, 4.69) is 15.3 Å². The Hall–Kier alpha value is -3.48. The molecule has 1 amide bonds. The van der Waals surface area contributed by atoms with E-state index >= 15 is 0 Å². The number of aromatic nitrogens is 2. The summed E-state index contributed by atoms with van der Waals surface area (Å²) in [6.07, 6.45) is 0. The largest absolute Gasteiger partial charge is 0.497 e. The Balaban J connectivity index is 1.80. The van der Waals surface area contributed by atoms with E-state index in [1.165, 1.54) is 12.1 Å². The lowest BCUT2D eigenvalue weighted by atomic mass is 10.2. The molecule has 0 bridgehead atoms. The van der Waals surface area contributed by atoms with Crippen molar-refractivity contribution in [3.8, 4) is 17.5 Å². The van der Waals surface area contributed by atoms with Crippen LogP contribution in [0.25, 0.3) is 0 Å². The molecule has 138 valence electrons. The minimum atomic E-state index is -0.506. The Morgan fingerprint density at radius 2 is 1.63 bits per heavy atom. The zero-order chi connectivity index (χ0) is 19.4. The molecule has 0 unspecified atom stereocenters. The molecule has 1 heterocycles. The number of hydrogen-bond donors (Lipinski definition) is 1. The number of carbonyl (C=O) groups excluding carboxylic acids is 1. The molecule has 0 atom stereocenters. The molecule has 3 aromatic rings. The van der Waals surface area contributed by atoms with Gasteiger partial charge >= 0.3 is 6.01 Å². The van der Waals surface area contributed by atoms with Gasteiger partial charge in [0.25, 0.3) is 5.91 Å². The topological polar surface area (TPSA) is 73.3 Å². The summed E-state index contributed by atoms with van der Waals surface area (Å²) in [6, 6.07) is 12.7. The summed E-state index contributed by atoms with van der Waals surface area (Å²) in [5, 5.41) is 2.80. The van der Waals surface area contributed by atoms with Crippen molar-refractivity contribution in [3.63, 3.8) is 0 Å². The number of nitrogens with one attached hydrogen (secondary N) is 1. The number of halogens is 1. The first-order valence-electron chi connectivity index (χ1n) is 8.21. The number of para-hydroxylation sites is 1. The Bertz CT molecular complexity index is 951. The molecule has 0 spiro atoms. The third kappa shape index (κ3) is 4.20. The Labute approximate surface area is 156 Å². The molecule has 1 aromatic heterocycles. The number of anilines is 1. The van der Waals surface area contributed by atoms with Gasteiger partial charge in [0.15, 0.2) is 11.6 Å². The highest BCUT2D eigenvalue weighted by Gasteiger charge is 2.15. The van der Waals surface area contributed by atoms with Crippen molar-refractivity contribution >= 4 is 11.6 Å². The molecule has 0 saturated carbocycles. The van der Waals surface area contributed by atoms with E-state index < -0.39 is 5.82 Å². The first kappa shape index (κ1) is 18.3. The molecule has 27 heavy (non-hydrogen) atoms. The zero-order valence-electron chi connectivity index (χ0n) is 15.1. The Morgan fingerprint density at radius 1 is 1.00 bits per heavy atom. The summed E-state index contributed by atoms with van der Waals surface area (Å²) < 4.78 is 24.2. The number of carbonyl (C=O) groups is 1. The van der Waals surface area contributed by atoms with Crippen LogP contribution < -0.4 is 14.8 Å². The maximum absolute atomic E-state index is 13.7. The van der Waals surface area contributed by atoms with E-state index in [9.17, 15) is 9.18 Å². The second-order valence-corrected chi connectivity index (χ2v) is 5.77. The number of hydrogen-bond acceptors (Lipinski definition) is 5. The van der Waals surface area contributed by atoms with Crippen LogP contribution >= 0.6 is 0 Å². The van der Waals surface area contributed by atoms with Gasteiger partial charge in [0.1, 0.15) is 5.75 Å². The van der Waals surface area contributed by atoms with Gasteiger partial charge in [0.05, 0.1) is 24.2 Å². The molecule has 0 aliphatic heterocycles. The number of amides is 1. The average Bonchev–Trinajstić information content (AvgIpc) is 2.66. The summed E-state index contributed by atoms with van der Waals surface area (Å²) in [5.41, 5.74) is 1.98. The zero-order valence-corrected chi connectivity index (χ0v) is 15.1. The second-order valence-electron chi connectivity index (χ2n) is 5.77. The van der Waals surface area contributed by atoms with Crippen LogP contribution in [0.15, 0.2) is 48.5 Å². The van der Waals surface area contributed by atoms with Crippen LogP contribution in [0.4, 0.5) is 10.1 Å². The molecule has 6 nitrogen and oxygen atoms in total. The summed E-state index contributed by atoms with van der Waals surface area (Å²) in [5.74, 6) is -0.105. The van der Waals surface area contributed by atoms with Gasteiger partial charge in [0, 0.05) is 5.56 Å². The molecule has 0 fully saturated rings. The average molecular weight is 367 g/mol. The van der Waals surface area contributed by atoms with Crippen LogP contribution in [0, 0.1) is 19.7 Å². The maximum atomic E-state index is 13.7. The summed E-state index contributed by atoms with van der Waals surface area (Å²) >= 11 is 0. The van der Waals surface area contributed by atoms with Crippen molar-refractivity contribution in [2.75, 3.05) is 12.4 Å². The highest BCUT2D eigenvalue weighted by Crippen LogP contribution is 2.25. The molecular weight excluding hydrogens is 349 g/mol. The fourth-order valence-electron chi connectivity index (χ4n) is 2.47. The van der Waals surface area contributed by atoms with Crippen molar-refractivity contribution < 1.29 is 18.7 Å². The van der Waals surface area contributed by atoms with Gasteiger partial charge in [-0.3, -0.25) is 4.79 Å². The summed E-state index contributed by atoms with van der Waals surface area (Å²) in [7, 11) is 1.56. The second kappa shape index (κ2) is 7.82. The van der Waals surface area contributed by atoms with Crippen molar-refractivity contribution in [1.82, 2.24) is 9.97 Å². The molecule has 7 heteroatoms. The SMILES string of the molecule is COc1ccc(C(=O)Nc2c(C)nc(Oc3ccccc3F)nc2C)cc1. The fourth-order valence-corrected chi connectivity index (χ4v) is 2.47. The van der Waals surface area contributed by atoms with Crippen molar-refractivity contribution in [1.29, 1.82) is 0 Å². The molecule has 1 N–H and O–H groups in total. The molecule has 0 aliphatic carbocycles. The van der Waals surface area contributed by atoms with E-state index in [0.29, 0.717) is 28.4 Å². The predicted molar refractivity (Wildman–Crippen MR) is 98.9 cm³/mol. The monoisotopic (exact) mass is 367 g/mol. The molecule has 0 aliphatic rings. The van der Waals surface area contributed by atoms with Gasteiger partial charge in [-0.1, -0.05) is 12.1 Å². The van der Waals surface area contributed by atoms with E-state index in [-0.39, 0.29) is 17.7 Å². The van der Waals surface area contributed by atoms with Crippen LogP contribution in [-0.4, -0.2) is 23.0 Å². The minimum absolute atomic E-state index is 0.0116. The predicted octanol–water partition coefficient (Wildman–Crippen LogP) is 4.29. The molecule has 3 rings (SSSR count). The highest BCUT2D eigenvalue weighted by atomic mass is 19.1. The van der Waals surface area contributed by atoms with Crippen LogP contribution in [0.3, 0.4) is 0 Å². The number of benzene rings is 2. The standard InChI is InChI=1S/C20H18FN3O3/c1-12-18(24-19(25)14-8-10-15(26-3)11-9-14)13(2)23-20(22-12)27-17-7-5-4-6-16(17)21/h4-11H,1-3H3,(H,24,25). The van der Waals surface area contributed by atoms with Gasteiger partial charge in [-0.05, 0) is 50.2 Å². The summed E-state index contributed by atoms with van der Waals surface area (Å²) in [6.45, 7) is 3.43. The third-order valence-electron chi connectivity index (χ3n) is 3.88. The number of aryl methyl sites for hydroxylation is 2. The Morgan fingerprint density at radius 3 is 2.22 bits per heavy atom. The minimum Gasteiger partial charge on any atom is -0.497 e. The number of ether oxygens (including phenoxy) is 2. The van der Waals surface area contributed by atoms with Crippen molar-refractivity contribution in [2.45, 2.75) is 13.8 Å². The third-order valence-corrected chi connectivity index (χ3v) is 3.88. The molecular formula is C20H18FN3O3. The first-order valence-corrected chi connectivity index (χ1v) is 8.21. The highest BCUT2D eigenvalue weighted by molar-refractivity contribution is 6.04. The van der Waals surface area contributed by atoms with Crippen molar-refractivity contribution in [2.24, 2.45) is 0 Å². The number of methoxy groups -OCH3 is 1. The van der Waals surface area contributed by atoms with Crippen LogP contribution in [0.5, 0.6) is 17.5 Å². The fraction of sp³-hybridized carbons (Fsp3) is 0.150. The van der Waals surface area contributed by atoms with E-state index in [1.807, 2.05) is 0 Å². The maximum Gasteiger partial charge on any atom is 0.322 e. The van der Waals surface area contributed by atoms with E-state index in [1.54, 1.807) is 57.4 Å². The van der Waals surface area contributed by atoms with Crippen molar-refractivity contribution in [3.05, 3.63) is 71.3 Å². The van der Waals surface area contributed by atoms with Gasteiger partial charge < -0.3 is 14.8 Å². The van der Waals surface area contributed by atoms with Crippen LogP contribution in [0.1, 0.15) is 21.7 Å². The van der Waals surface area contributed by atoms with Gasteiger partial charge in [-0.25, -0.2) is 4.39 Å². The van der Waals surface area contributed by atoms with E-state index in [0.717, 1.165) is 0 Å². The van der Waals surface area contributed by atoms with Gasteiger partial charge in [0.2, 0.25) is 0 Å². The van der Waals surface area contributed by atoms with Crippen LogP contribution in [-0.2, 0) is 0 Å². The van der Waals surface area contributed by atoms with Gasteiger partial charge in [-0.15, -0.1) is 0 Å². The lowest BCUT2D eigenvalue weighted by molar-refractivity contribution is 0.102. The van der Waals surface area contributed by atoms with E-state index in [4.69, 9.17) is 9.47 Å². The van der Waals surface area contributed by atoms with Gasteiger partial charge in [-0.2, -0.15) is 9.97 Å². The first-order chi connectivity index (χ1) is 13.0. The number of rotatable bonds is 5. The molecule has 0 radical (unpaired) electrons. The summed E-state index contributed by atoms with van der Waals surface area (Å²) in [4.78, 5) is 20.9. The normalized spacial score (nSPS) is 10.4. The Kier molecular flexibility index (Phi) is 5.30. The lowest BCUT2D eigenvalue weighted by Crippen LogP contribution is -2.15. The number of nitrogens with zero attached hydrogens (tertiary/aromatic N) is 2. The quantitative estimate of drug-likeness (QED) is 0.728. The molecule has 2 aromatic carbocycles.